The van der Waals surface area contributed by atoms with Gasteiger partial charge in [-0.3, -0.25) is 9.69 Å². The third-order valence-corrected chi connectivity index (χ3v) is 3.67. The fourth-order valence-corrected chi connectivity index (χ4v) is 2.64. The molecule has 0 spiro atoms. The minimum Gasteiger partial charge on any atom is -0.368 e. The van der Waals surface area contributed by atoms with Crippen LogP contribution < -0.4 is 5.73 Å². The van der Waals surface area contributed by atoms with Crippen LogP contribution in [-0.4, -0.2) is 23.4 Å². The quantitative estimate of drug-likeness (QED) is 0.928. The smallest absolute Gasteiger partial charge is 0.234 e. The normalized spacial score (nSPS) is 20.7. The van der Waals surface area contributed by atoms with Crippen molar-refractivity contribution in [2.75, 3.05) is 6.54 Å². The van der Waals surface area contributed by atoms with Crippen LogP contribution in [0.4, 0.5) is 4.39 Å². The van der Waals surface area contributed by atoms with Gasteiger partial charge in [0, 0.05) is 6.54 Å². The molecule has 3 nitrogen and oxygen atoms in total. The summed E-state index contributed by atoms with van der Waals surface area (Å²) in [6, 6.07) is 4.72. The predicted molar refractivity (Wildman–Crippen MR) is 66.7 cm³/mol. The highest BCUT2D eigenvalue weighted by Crippen LogP contribution is 2.22. The average Bonchev–Trinajstić information content (AvgIpc) is 2.72. The van der Waals surface area contributed by atoms with Crippen molar-refractivity contribution in [1.82, 2.24) is 4.90 Å². The zero-order valence-corrected chi connectivity index (χ0v) is 10.9. The summed E-state index contributed by atoms with van der Waals surface area (Å²) in [4.78, 5) is 13.3. The molecule has 2 N–H and O–H groups in total. The van der Waals surface area contributed by atoms with Gasteiger partial charge in [-0.2, -0.15) is 0 Å². The highest BCUT2D eigenvalue weighted by Gasteiger charge is 2.28. The topological polar surface area (TPSA) is 46.3 Å². The summed E-state index contributed by atoms with van der Waals surface area (Å²) in [5.41, 5.74) is 6.32. The molecule has 1 heterocycles. The van der Waals surface area contributed by atoms with E-state index in [1.807, 2.05) is 4.90 Å². The Balaban J connectivity index is 2.09. The molecule has 0 aliphatic carbocycles. The summed E-state index contributed by atoms with van der Waals surface area (Å²) in [6.07, 6.45) is 1.80. The molecule has 5 heteroatoms. The molecular weight excluding hydrogens is 287 g/mol. The molecule has 0 aromatic heterocycles. The summed E-state index contributed by atoms with van der Waals surface area (Å²) >= 11 is 3.15. The first-order valence-electron chi connectivity index (χ1n) is 5.55. The lowest BCUT2D eigenvalue weighted by molar-refractivity contribution is -0.122. The number of likely N-dealkylation sites (tertiary alicyclic amines) is 1. The maximum Gasteiger partial charge on any atom is 0.234 e. The molecule has 1 saturated heterocycles. The molecule has 0 saturated carbocycles. The van der Waals surface area contributed by atoms with E-state index in [-0.39, 0.29) is 17.8 Å². The minimum atomic E-state index is -0.276. The van der Waals surface area contributed by atoms with Crippen molar-refractivity contribution >= 4 is 21.8 Å². The van der Waals surface area contributed by atoms with Crippen LogP contribution >= 0.6 is 15.9 Å². The molecule has 1 amide bonds. The number of primary amides is 1. The van der Waals surface area contributed by atoms with Crippen molar-refractivity contribution in [3.05, 3.63) is 34.1 Å². The Labute approximate surface area is 108 Å². The Morgan fingerprint density at radius 2 is 2.35 bits per heavy atom. The van der Waals surface area contributed by atoms with Gasteiger partial charge in [-0.25, -0.2) is 4.39 Å². The molecule has 0 radical (unpaired) electrons. The van der Waals surface area contributed by atoms with Crippen molar-refractivity contribution in [3.8, 4) is 0 Å². The van der Waals surface area contributed by atoms with E-state index >= 15 is 0 Å². The van der Waals surface area contributed by atoms with Crippen molar-refractivity contribution < 1.29 is 9.18 Å². The van der Waals surface area contributed by atoms with Gasteiger partial charge in [0.25, 0.3) is 0 Å². The van der Waals surface area contributed by atoms with Crippen LogP contribution in [0.5, 0.6) is 0 Å². The number of hydrogen-bond acceptors (Lipinski definition) is 2. The minimum absolute atomic E-state index is 0.182. The number of nitrogens with zero attached hydrogens (tertiary/aromatic N) is 1. The fraction of sp³-hybridized carbons (Fsp3) is 0.417. The van der Waals surface area contributed by atoms with Crippen LogP contribution in [0.3, 0.4) is 0 Å². The summed E-state index contributed by atoms with van der Waals surface area (Å²) in [7, 11) is 0. The Hall–Kier alpha value is -0.940. The second-order valence-electron chi connectivity index (χ2n) is 4.28. The molecule has 1 aliphatic heterocycles. The van der Waals surface area contributed by atoms with Crippen LogP contribution in [0.1, 0.15) is 18.4 Å². The van der Waals surface area contributed by atoms with Crippen LogP contribution in [0.15, 0.2) is 22.7 Å². The van der Waals surface area contributed by atoms with Crippen LogP contribution in [-0.2, 0) is 11.3 Å². The fourth-order valence-electron chi connectivity index (χ4n) is 2.21. The maximum absolute atomic E-state index is 13.1. The van der Waals surface area contributed by atoms with Gasteiger partial charge in [-0.05, 0) is 53.0 Å². The largest absolute Gasteiger partial charge is 0.368 e. The van der Waals surface area contributed by atoms with Gasteiger partial charge in [-0.1, -0.05) is 6.07 Å². The second kappa shape index (κ2) is 5.14. The predicted octanol–water partition coefficient (Wildman–Crippen LogP) is 2.04. The zero-order chi connectivity index (χ0) is 12.4. The maximum atomic E-state index is 13.1. The molecule has 1 unspecified atom stereocenters. The van der Waals surface area contributed by atoms with E-state index in [4.69, 9.17) is 5.73 Å². The molecule has 1 aromatic carbocycles. The van der Waals surface area contributed by atoms with E-state index in [1.165, 1.54) is 6.07 Å². The van der Waals surface area contributed by atoms with Crippen molar-refractivity contribution in [3.63, 3.8) is 0 Å². The standard InChI is InChI=1S/C12H14BrFN2O/c13-9-6-8(3-4-10(9)14)7-16-5-1-2-11(16)12(15)17/h3-4,6,11H,1-2,5,7H2,(H2,15,17). The zero-order valence-electron chi connectivity index (χ0n) is 9.33. The van der Waals surface area contributed by atoms with Crippen molar-refractivity contribution in [2.45, 2.75) is 25.4 Å². The molecule has 1 aromatic rings. The summed E-state index contributed by atoms with van der Waals surface area (Å²) in [5.74, 6) is -0.551. The number of halogens is 2. The summed E-state index contributed by atoms with van der Waals surface area (Å²) in [5, 5.41) is 0. The van der Waals surface area contributed by atoms with Crippen LogP contribution in [0.25, 0.3) is 0 Å². The van der Waals surface area contributed by atoms with Gasteiger partial charge >= 0.3 is 0 Å². The number of benzene rings is 1. The Morgan fingerprint density at radius 1 is 1.59 bits per heavy atom. The molecule has 92 valence electrons. The van der Waals surface area contributed by atoms with Gasteiger partial charge in [-0.15, -0.1) is 0 Å². The van der Waals surface area contributed by atoms with E-state index in [0.29, 0.717) is 11.0 Å². The SMILES string of the molecule is NC(=O)C1CCCN1Cc1ccc(F)c(Br)c1. The summed E-state index contributed by atoms with van der Waals surface area (Å²) < 4.78 is 13.5. The van der Waals surface area contributed by atoms with E-state index in [2.05, 4.69) is 15.9 Å². The lowest BCUT2D eigenvalue weighted by Gasteiger charge is -2.21. The lowest BCUT2D eigenvalue weighted by Crippen LogP contribution is -2.39. The van der Waals surface area contributed by atoms with Gasteiger partial charge in [0.05, 0.1) is 10.5 Å². The molecule has 1 aliphatic rings. The van der Waals surface area contributed by atoms with E-state index in [9.17, 15) is 9.18 Å². The Kier molecular flexibility index (Phi) is 3.79. The van der Waals surface area contributed by atoms with E-state index in [1.54, 1.807) is 12.1 Å². The molecule has 17 heavy (non-hydrogen) atoms. The number of hydrogen-bond donors (Lipinski definition) is 1. The molecular formula is C12H14BrFN2O. The molecule has 2 rings (SSSR count). The number of amides is 1. The summed E-state index contributed by atoms with van der Waals surface area (Å²) in [6.45, 7) is 1.50. The average molecular weight is 301 g/mol. The number of nitrogens with two attached hydrogens (primary N) is 1. The van der Waals surface area contributed by atoms with Crippen molar-refractivity contribution in [1.29, 1.82) is 0 Å². The highest BCUT2D eigenvalue weighted by molar-refractivity contribution is 9.10. The molecule has 1 fully saturated rings. The van der Waals surface area contributed by atoms with Gasteiger partial charge < -0.3 is 5.73 Å². The van der Waals surface area contributed by atoms with Crippen LogP contribution in [0, 0.1) is 5.82 Å². The second-order valence-corrected chi connectivity index (χ2v) is 5.13. The van der Waals surface area contributed by atoms with Gasteiger partial charge in [0.1, 0.15) is 5.82 Å². The molecule has 1 atom stereocenters. The van der Waals surface area contributed by atoms with Gasteiger partial charge in [0.2, 0.25) is 5.91 Å². The number of carbonyl (C=O) groups excluding carboxylic acids is 1. The molecule has 0 bridgehead atoms. The van der Waals surface area contributed by atoms with E-state index < -0.39 is 0 Å². The van der Waals surface area contributed by atoms with Crippen LogP contribution in [0.2, 0.25) is 0 Å². The Bertz CT molecular complexity index is 439. The van der Waals surface area contributed by atoms with E-state index in [0.717, 1.165) is 24.9 Å². The number of rotatable bonds is 3. The third kappa shape index (κ3) is 2.84. The Morgan fingerprint density at radius 3 is 3.00 bits per heavy atom. The lowest BCUT2D eigenvalue weighted by atomic mass is 10.1. The van der Waals surface area contributed by atoms with Crippen molar-refractivity contribution in [2.24, 2.45) is 5.73 Å². The first kappa shape index (κ1) is 12.5. The van der Waals surface area contributed by atoms with Gasteiger partial charge in [0.15, 0.2) is 0 Å². The first-order chi connectivity index (χ1) is 8.08. The highest BCUT2D eigenvalue weighted by atomic mass is 79.9. The third-order valence-electron chi connectivity index (χ3n) is 3.06. The monoisotopic (exact) mass is 300 g/mol. The number of carbonyl (C=O) groups is 1. The first-order valence-corrected chi connectivity index (χ1v) is 6.34.